The van der Waals surface area contributed by atoms with Crippen LogP contribution in [-0.2, 0) is 21.1 Å². The molecular weight excluding hydrogens is 441 g/mol. The summed E-state index contributed by atoms with van der Waals surface area (Å²) in [4.78, 5) is 4.52. The van der Waals surface area contributed by atoms with Gasteiger partial charge >= 0.3 is 0 Å². The average Bonchev–Trinajstić information content (AvgIpc) is 2.47. The van der Waals surface area contributed by atoms with Gasteiger partial charge in [-0.15, -0.1) is 24.0 Å². The lowest BCUT2D eigenvalue weighted by atomic mass is 10.1. The van der Waals surface area contributed by atoms with Gasteiger partial charge in [0.2, 0.25) is 0 Å². The van der Waals surface area contributed by atoms with Crippen molar-refractivity contribution >= 4 is 39.8 Å². The lowest BCUT2D eigenvalue weighted by Gasteiger charge is -2.11. The van der Waals surface area contributed by atoms with E-state index in [4.69, 9.17) is 4.74 Å². The molecule has 0 spiro atoms. The number of guanidine groups is 1. The number of nitrogens with zero attached hydrogens (tertiary/aromatic N) is 1. The van der Waals surface area contributed by atoms with Gasteiger partial charge in [-0.1, -0.05) is 29.8 Å². The first-order valence-electron chi connectivity index (χ1n) is 7.74. The molecule has 1 aromatic carbocycles. The van der Waals surface area contributed by atoms with Crippen LogP contribution in [0.3, 0.4) is 0 Å². The number of halogens is 1. The van der Waals surface area contributed by atoms with E-state index in [1.807, 2.05) is 19.1 Å². The predicted octanol–water partition coefficient (Wildman–Crippen LogP) is 1.73. The van der Waals surface area contributed by atoms with Crippen LogP contribution >= 0.6 is 24.0 Å². The molecule has 0 radical (unpaired) electrons. The summed E-state index contributed by atoms with van der Waals surface area (Å²) in [6.45, 7) is 6.67. The Morgan fingerprint density at radius 2 is 2.00 bits per heavy atom. The van der Waals surface area contributed by atoms with E-state index in [1.165, 1.54) is 11.8 Å². The number of sulfone groups is 1. The lowest BCUT2D eigenvalue weighted by molar-refractivity contribution is 0.154. The topological polar surface area (TPSA) is 79.8 Å². The van der Waals surface area contributed by atoms with Gasteiger partial charge in [0.15, 0.2) is 5.96 Å². The van der Waals surface area contributed by atoms with Crippen LogP contribution in [0.15, 0.2) is 29.3 Å². The van der Waals surface area contributed by atoms with Gasteiger partial charge in [0.1, 0.15) is 9.84 Å². The minimum absolute atomic E-state index is 0. The fraction of sp³-hybridized carbons (Fsp3) is 0.562. The second-order valence-corrected chi connectivity index (χ2v) is 7.61. The Kier molecular flexibility index (Phi) is 12.0. The van der Waals surface area contributed by atoms with Gasteiger partial charge in [-0.25, -0.2) is 13.4 Å². The minimum atomic E-state index is -2.96. The van der Waals surface area contributed by atoms with E-state index in [0.717, 1.165) is 18.1 Å². The summed E-state index contributed by atoms with van der Waals surface area (Å²) in [5.74, 6) is 0.773. The first kappa shape index (κ1) is 23.1. The van der Waals surface area contributed by atoms with Crippen LogP contribution in [0.25, 0.3) is 0 Å². The van der Waals surface area contributed by atoms with Crippen molar-refractivity contribution in [3.05, 3.63) is 35.4 Å². The van der Waals surface area contributed by atoms with Gasteiger partial charge in [-0.05, 0) is 19.4 Å². The van der Waals surface area contributed by atoms with Gasteiger partial charge in [0.05, 0.1) is 25.5 Å². The fourth-order valence-corrected chi connectivity index (χ4v) is 2.30. The summed E-state index contributed by atoms with van der Waals surface area (Å²) in [5.41, 5.74) is 2.38. The van der Waals surface area contributed by atoms with Crippen molar-refractivity contribution in [2.75, 3.05) is 38.3 Å². The minimum Gasteiger partial charge on any atom is -0.379 e. The van der Waals surface area contributed by atoms with E-state index < -0.39 is 9.84 Å². The van der Waals surface area contributed by atoms with Crippen molar-refractivity contribution < 1.29 is 13.2 Å². The van der Waals surface area contributed by atoms with Gasteiger partial charge in [0, 0.05) is 19.3 Å². The largest absolute Gasteiger partial charge is 0.379 e. The molecule has 0 aliphatic carbocycles. The van der Waals surface area contributed by atoms with E-state index in [2.05, 4.69) is 34.7 Å². The maximum Gasteiger partial charge on any atom is 0.191 e. The zero-order valence-electron chi connectivity index (χ0n) is 14.5. The normalized spacial score (nSPS) is 11.7. The Morgan fingerprint density at radius 3 is 2.62 bits per heavy atom. The number of aliphatic imine (C=N–C) groups is 1. The SMILES string of the molecule is CCNC(=NCc1cccc(C)c1)NCCOCCS(C)(=O)=O.I. The highest BCUT2D eigenvalue weighted by molar-refractivity contribution is 14.0. The Balaban J connectivity index is 0.00000529. The molecule has 8 heteroatoms. The maximum absolute atomic E-state index is 11.0. The molecule has 1 aromatic rings. The van der Waals surface area contributed by atoms with E-state index in [9.17, 15) is 8.42 Å². The van der Waals surface area contributed by atoms with Crippen LogP contribution in [0, 0.1) is 6.92 Å². The number of benzene rings is 1. The second kappa shape index (κ2) is 12.5. The van der Waals surface area contributed by atoms with Gasteiger partial charge in [-0.2, -0.15) is 0 Å². The van der Waals surface area contributed by atoms with Crippen molar-refractivity contribution in [1.29, 1.82) is 0 Å². The zero-order valence-corrected chi connectivity index (χ0v) is 17.7. The van der Waals surface area contributed by atoms with Crippen LogP contribution in [0.4, 0.5) is 0 Å². The number of hydrogen-bond acceptors (Lipinski definition) is 4. The van der Waals surface area contributed by atoms with E-state index in [0.29, 0.717) is 19.7 Å². The molecule has 0 amide bonds. The molecule has 0 aliphatic heterocycles. The molecule has 24 heavy (non-hydrogen) atoms. The number of nitrogens with one attached hydrogen (secondary N) is 2. The Bertz CT molecular complexity index is 606. The Morgan fingerprint density at radius 1 is 1.25 bits per heavy atom. The van der Waals surface area contributed by atoms with Gasteiger partial charge < -0.3 is 15.4 Å². The number of ether oxygens (including phenoxy) is 1. The molecule has 0 saturated carbocycles. The molecule has 1 rings (SSSR count). The van der Waals surface area contributed by atoms with Crippen molar-refractivity contribution in [3.63, 3.8) is 0 Å². The Hall–Kier alpha value is -0.870. The van der Waals surface area contributed by atoms with Gasteiger partial charge in [-0.3, -0.25) is 0 Å². The molecule has 2 N–H and O–H groups in total. The number of aryl methyl sites for hydroxylation is 1. The summed E-state index contributed by atoms with van der Waals surface area (Å²) >= 11 is 0. The molecule has 0 aromatic heterocycles. The van der Waals surface area contributed by atoms with E-state index >= 15 is 0 Å². The van der Waals surface area contributed by atoms with Crippen LogP contribution in [0.5, 0.6) is 0 Å². The maximum atomic E-state index is 11.0. The van der Waals surface area contributed by atoms with Crippen LogP contribution in [0.2, 0.25) is 0 Å². The van der Waals surface area contributed by atoms with Gasteiger partial charge in [0.25, 0.3) is 0 Å². The molecule has 0 saturated heterocycles. The van der Waals surface area contributed by atoms with Crippen LogP contribution < -0.4 is 10.6 Å². The molecule has 0 aliphatic rings. The third kappa shape index (κ3) is 11.6. The summed E-state index contributed by atoms with van der Waals surface area (Å²) in [5, 5.41) is 6.34. The van der Waals surface area contributed by atoms with E-state index in [1.54, 1.807) is 0 Å². The molecule has 0 unspecified atom stereocenters. The number of rotatable bonds is 9. The highest BCUT2D eigenvalue weighted by atomic mass is 127. The van der Waals surface area contributed by atoms with E-state index in [-0.39, 0.29) is 36.3 Å². The standard InChI is InChI=1S/C16H27N3O3S.HI/c1-4-17-16(18-8-9-22-10-11-23(3,20)21)19-13-15-7-5-6-14(2)12-15;/h5-7,12H,4,8-11,13H2,1-3H3,(H2,17,18,19);1H. The third-order valence-electron chi connectivity index (χ3n) is 2.98. The molecule has 138 valence electrons. The van der Waals surface area contributed by atoms with Crippen molar-refractivity contribution in [2.45, 2.75) is 20.4 Å². The fourth-order valence-electron chi connectivity index (χ4n) is 1.88. The second-order valence-electron chi connectivity index (χ2n) is 5.35. The number of hydrogen-bond donors (Lipinski definition) is 2. The first-order chi connectivity index (χ1) is 10.9. The summed E-state index contributed by atoms with van der Waals surface area (Å²) in [6, 6.07) is 8.25. The smallest absolute Gasteiger partial charge is 0.191 e. The highest BCUT2D eigenvalue weighted by Crippen LogP contribution is 2.04. The molecule has 0 bridgehead atoms. The molecular formula is C16H28IN3O3S. The van der Waals surface area contributed by atoms with Crippen molar-refractivity contribution in [2.24, 2.45) is 4.99 Å². The third-order valence-corrected chi connectivity index (χ3v) is 3.89. The monoisotopic (exact) mass is 469 g/mol. The summed E-state index contributed by atoms with van der Waals surface area (Å²) in [7, 11) is -2.96. The van der Waals surface area contributed by atoms with Crippen molar-refractivity contribution in [3.8, 4) is 0 Å². The summed E-state index contributed by atoms with van der Waals surface area (Å²) in [6.07, 6.45) is 1.20. The first-order valence-corrected chi connectivity index (χ1v) is 9.80. The zero-order chi connectivity index (χ0) is 17.1. The molecule has 0 heterocycles. The lowest BCUT2D eigenvalue weighted by Crippen LogP contribution is -2.39. The summed E-state index contributed by atoms with van der Waals surface area (Å²) < 4.78 is 27.2. The Labute approximate surface area is 162 Å². The molecule has 6 nitrogen and oxygen atoms in total. The van der Waals surface area contributed by atoms with Crippen LogP contribution in [0.1, 0.15) is 18.1 Å². The predicted molar refractivity (Wildman–Crippen MR) is 110 cm³/mol. The van der Waals surface area contributed by atoms with Crippen LogP contribution in [-0.4, -0.2) is 52.7 Å². The highest BCUT2D eigenvalue weighted by Gasteiger charge is 2.02. The quantitative estimate of drug-likeness (QED) is 0.249. The molecule has 0 atom stereocenters. The average molecular weight is 469 g/mol. The van der Waals surface area contributed by atoms with Crippen molar-refractivity contribution in [1.82, 2.24) is 10.6 Å². The molecule has 0 fully saturated rings.